The molecule has 4 aromatic rings. The van der Waals surface area contributed by atoms with Crippen molar-refractivity contribution in [2.24, 2.45) is 0 Å². The van der Waals surface area contributed by atoms with E-state index in [0.717, 1.165) is 74.8 Å². The molecule has 0 radical (unpaired) electrons. The fourth-order valence-corrected chi connectivity index (χ4v) is 8.49. The summed E-state index contributed by atoms with van der Waals surface area (Å²) in [6.07, 6.45) is 9.42. The minimum Gasteiger partial charge on any atom is -0.389 e. The lowest BCUT2D eigenvalue weighted by atomic mass is 9.63. The number of likely N-dealkylation sites (N-methyl/N-ethyl adjacent to an activating group) is 1. The van der Waals surface area contributed by atoms with Crippen LogP contribution in [0, 0.1) is 22.7 Å². The largest absolute Gasteiger partial charge is 0.389 e. The molecule has 0 unspecified atom stereocenters. The van der Waals surface area contributed by atoms with Crippen LogP contribution in [-0.4, -0.2) is 49.4 Å². The number of nitrogens with two attached hydrogens (primary N) is 1. The Morgan fingerprint density at radius 1 is 1.21 bits per heavy atom. The molecule has 198 valence electrons. The smallest absolute Gasteiger partial charge is 0.184 e. The van der Waals surface area contributed by atoms with E-state index in [9.17, 15) is 10.5 Å². The van der Waals surface area contributed by atoms with Crippen LogP contribution in [0.5, 0.6) is 0 Å². The van der Waals surface area contributed by atoms with E-state index in [1.807, 2.05) is 4.68 Å². The number of hydrogen-bond acceptors (Lipinski definition) is 10. The van der Waals surface area contributed by atoms with Crippen molar-refractivity contribution in [1.82, 2.24) is 29.8 Å². The molecule has 4 aromatic heterocycles. The SMILES string of the molecule is C[C@@H]([C@@H]1CCCN1C)n1nc(C#N)c2cnc(-c3noc4c3CCC[C@@]43CCCc4sc(N)c(C#N)c43)nc21. The first-order valence-electron chi connectivity index (χ1n) is 13.6. The Bertz CT molecular complexity index is 1700. The van der Waals surface area contributed by atoms with Crippen LogP contribution < -0.4 is 5.73 Å². The highest BCUT2D eigenvalue weighted by Gasteiger charge is 2.48. The molecule has 0 aromatic carbocycles. The van der Waals surface area contributed by atoms with Crippen molar-refractivity contribution in [2.75, 3.05) is 19.3 Å². The van der Waals surface area contributed by atoms with Crippen LogP contribution in [0.4, 0.5) is 5.00 Å². The van der Waals surface area contributed by atoms with Crippen LogP contribution in [0.2, 0.25) is 0 Å². The summed E-state index contributed by atoms with van der Waals surface area (Å²) >= 11 is 1.54. The molecule has 1 aliphatic heterocycles. The van der Waals surface area contributed by atoms with Gasteiger partial charge in [-0.15, -0.1) is 11.3 Å². The van der Waals surface area contributed by atoms with Crippen molar-refractivity contribution in [3.05, 3.63) is 39.2 Å². The number of thiophene rings is 1. The number of aryl methyl sites for hydroxylation is 1. The summed E-state index contributed by atoms with van der Waals surface area (Å²) in [6, 6.07) is 4.97. The van der Waals surface area contributed by atoms with E-state index in [-0.39, 0.29) is 6.04 Å². The Morgan fingerprint density at radius 2 is 2.03 bits per heavy atom. The Balaban J connectivity index is 1.36. The van der Waals surface area contributed by atoms with Gasteiger partial charge in [0.05, 0.1) is 22.4 Å². The lowest BCUT2D eigenvalue weighted by Crippen LogP contribution is -2.35. The van der Waals surface area contributed by atoms with Gasteiger partial charge in [0.1, 0.15) is 17.1 Å². The molecular weight excluding hydrogens is 510 g/mol. The zero-order chi connectivity index (χ0) is 26.9. The van der Waals surface area contributed by atoms with Gasteiger partial charge in [0, 0.05) is 22.7 Å². The maximum atomic E-state index is 9.97. The second-order valence-corrected chi connectivity index (χ2v) is 12.3. The molecule has 11 heteroatoms. The zero-order valence-electron chi connectivity index (χ0n) is 22.1. The number of fused-ring (bicyclic) bond motifs is 5. The van der Waals surface area contributed by atoms with E-state index in [4.69, 9.17) is 15.2 Å². The first-order chi connectivity index (χ1) is 19.0. The predicted octanol–water partition coefficient (Wildman–Crippen LogP) is 4.48. The van der Waals surface area contributed by atoms with Gasteiger partial charge in [0.2, 0.25) is 0 Å². The quantitative estimate of drug-likeness (QED) is 0.398. The Hall–Kier alpha value is -3.80. The average molecular weight is 540 g/mol. The van der Waals surface area contributed by atoms with Crippen LogP contribution in [0.15, 0.2) is 10.7 Å². The number of nitriles is 2. The molecule has 39 heavy (non-hydrogen) atoms. The van der Waals surface area contributed by atoms with Gasteiger partial charge in [-0.2, -0.15) is 15.6 Å². The van der Waals surface area contributed by atoms with Crippen molar-refractivity contribution >= 4 is 27.4 Å². The summed E-state index contributed by atoms with van der Waals surface area (Å²) in [4.78, 5) is 13.1. The van der Waals surface area contributed by atoms with Crippen molar-refractivity contribution in [1.29, 1.82) is 10.5 Å². The van der Waals surface area contributed by atoms with Crippen molar-refractivity contribution in [3.8, 4) is 23.7 Å². The lowest BCUT2D eigenvalue weighted by Gasteiger charge is -2.39. The molecule has 1 fully saturated rings. The number of aromatic nitrogens is 5. The van der Waals surface area contributed by atoms with Gasteiger partial charge >= 0.3 is 0 Å². The monoisotopic (exact) mass is 539 g/mol. The molecule has 10 nitrogen and oxygen atoms in total. The molecule has 1 saturated heterocycles. The first kappa shape index (κ1) is 24.3. The van der Waals surface area contributed by atoms with Gasteiger partial charge in [0.15, 0.2) is 28.6 Å². The Kier molecular flexibility index (Phi) is 5.51. The molecule has 2 N–H and O–H groups in total. The van der Waals surface area contributed by atoms with Gasteiger partial charge in [0.25, 0.3) is 0 Å². The van der Waals surface area contributed by atoms with Crippen LogP contribution in [-0.2, 0) is 18.3 Å². The number of anilines is 1. The molecule has 3 aliphatic rings. The van der Waals surface area contributed by atoms with Crippen molar-refractivity contribution in [3.63, 3.8) is 0 Å². The molecule has 1 spiro atoms. The molecule has 0 bridgehead atoms. The molecule has 0 saturated carbocycles. The maximum Gasteiger partial charge on any atom is 0.184 e. The third-order valence-corrected chi connectivity index (χ3v) is 10.2. The fraction of sp³-hybridized carbons (Fsp3) is 0.500. The highest BCUT2D eigenvalue weighted by atomic mass is 32.1. The normalized spacial score (nSPS) is 23.4. The van der Waals surface area contributed by atoms with Gasteiger partial charge in [-0.1, -0.05) is 5.16 Å². The average Bonchev–Trinajstić information content (AvgIpc) is 3.72. The summed E-state index contributed by atoms with van der Waals surface area (Å²) in [5.41, 5.74) is 10.2. The predicted molar refractivity (Wildman–Crippen MR) is 146 cm³/mol. The highest BCUT2D eigenvalue weighted by Crippen LogP contribution is 2.55. The summed E-state index contributed by atoms with van der Waals surface area (Å²) in [7, 11) is 2.14. The van der Waals surface area contributed by atoms with Crippen LogP contribution >= 0.6 is 11.3 Å². The molecular formula is C28H29N9OS. The van der Waals surface area contributed by atoms with Crippen molar-refractivity contribution < 1.29 is 4.52 Å². The summed E-state index contributed by atoms with van der Waals surface area (Å²) < 4.78 is 8.04. The maximum absolute atomic E-state index is 9.97. The number of hydrogen-bond donors (Lipinski definition) is 1. The van der Waals surface area contributed by atoms with Gasteiger partial charge in [-0.05, 0) is 77.4 Å². The van der Waals surface area contributed by atoms with E-state index in [1.54, 1.807) is 6.20 Å². The molecule has 5 heterocycles. The van der Waals surface area contributed by atoms with Crippen LogP contribution in [0.3, 0.4) is 0 Å². The topological polar surface area (TPSA) is 146 Å². The minimum atomic E-state index is -0.396. The number of rotatable bonds is 3. The Labute approximate surface area is 230 Å². The number of nitrogen functional groups attached to an aromatic ring is 1. The van der Waals surface area contributed by atoms with E-state index < -0.39 is 5.41 Å². The van der Waals surface area contributed by atoms with Gasteiger partial charge in [-0.3, -0.25) is 0 Å². The fourth-order valence-electron chi connectivity index (χ4n) is 7.33. The van der Waals surface area contributed by atoms with Crippen LogP contribution in [0.25, 0.3) is 22.6 Å². The van der Waals surface area contributed by atoms with E-state index in [1.165, 1.54) is 16.2 Å². The van der Waals surface area contributed by atoms with Crippen molar-refractivity contribution in [2.45, 2.75) is 75.8 Å². The first-order valence-corrected chi connectivity index (χ1v) is 14.4. The second-order valence-electron chi connectivity index (χ2n) is 11.1. The van der Waals surface area contributed by atoms with Gasteiger partial charge < -0.3 is 15.2 Å². The zero-order valence-corrected chi connectivity index (χ0v) is 22.9. The van der Waals surface area contributed by atoms with E-state index >= 15 is 0 Å². The summed E-state index contributed by atoms with van der Waals surface area (Å²) in [5, 5.41) is 30.2. The number of nitrogens with zero attached hydrogens (tertiary/aromatic N) is 8. The third-order valence-electron chi connectivity index (χ3n) is 9.14. The molecule has 2 aliphatic carbocycles. The number of likely N-dealkylation sites (tertiary alicyclic amines) is 1. The van der Waals surface area contributed by atoms with E-state index in [2.05, 4.69) is 46.2 Å². The van der Waals surface area contributed by atoms with E-state index in [0.29, 0.717) is 44.9 Å². The molecule has 0 amide bonds. The third kappa shape index (κ3) is 3.39. The standard InChI is InChI=1S/C28H29N9OS/c1-15(20-7-5-11-36(20)2)37-27-18(19(13-30)34-37)14-32-26(33-27)23-16-6-3-9-28(24(16)38-35-23)10-4-8-21-22(28)17(12-29)25(31)39-21/h14-15,20H,3-11,31H2,1-2H3/t15-,20-,28-/m0/s1. The van der Waals surface area contributed by atoms with Crippen LogP contribution in [0.1, 0.15) is 84.5 Å². The lowest BCUT2D eigenvalue weighted by molar-refractivity contribution is 0.232. The second kappa shape index (κ2) is 8.87. The summed E-state index contributed by atoms with van der Waals surface area (Å²) in [6.45, 7) is 3.20. The highest BCUT2D eigenvalue weighted by molar-refractivity contribution is 7.16. The van der Waals surface area contributed by atoms with Gasteiger partial charge in [-0.25, -0.2) is 14.6 Å². The minimum absolute atomic E-state index is 0.0495. The molecule has 3 atom stereocenters. The molecule has 7 rings (SSSR count). The summed E-state index contributed by atoms with van der Waals surface area (Å²) in [5.74, 6) is 1.30. The Morgan fingerprint density at radius 3 is 2.77 bits per heavy atom.